The minimum atomic E-state index is -0.785. The molecule has 0 saturated heterocycles. The third-order valence-corrected chi connectivity index (χ3v) is 3.38. The van der Waals surface area contributed by atoms with E-state index in [2.05, 4.69) is 15.9 Å². The van der Waals surface area contributed by atoms with Gasteiger partial charge in [-0.1, -0.05) is 39.7 Å². The molecule has 104 valence electrons. The molecule has 7 heteroatoms. The molecule has 0 radical (unpaired) electrons. The van der Waals surface area contributed by atoms with E-state index in [1.807, 2.05) is 0 Å². The molecule has 0 aliphatic rings. The van der Waals surface area contributed by atoms with Crippen LogP contribution in [0.4, 0.5) is 10.1 Å². The Hall–Kier alpha value is -1.66. The van der Waals surface area contributed by atoms with E-state index in [9.17, 15) is 14.5 Å². The lowest BCUT2D eigenvalue weighted by atomic mass is 10.2. The number of hydrogen-bond acceptors (Lipinski definition) is 3. The Morgan fingerprint density at radius 2 is 2.10 bits per heavy atom. The largest absolute Gasteiger partial charge is 0.480 e. The maximum Gasteiger partial charge on any atom is 0.314 e. The zero-order chi connectivity index (χ0) is 14.7. The van der Waals surface area contributed by atoms with Gasteiger partial charge in [-0.05, 0) is 18.2 Å². The smallest absolute Gasteiger partial charge is 0.314 e. The summed E-state index contributed by atoms with van der Waals surface area (Å²) in [7, 11) is 0. The van der Waals surface area contributed by atoms with Crippen molar-refractivity contribution >= 4 is 33.2 Å². The van der Waals surface area contributed by atoms with Gasteiger partial charge in [-0.3, -0.25) is 10.1 Å². The van der Waals surface area contributed by atoms with E-state index in [1.165, 1.54) is 12.1 Å². The van der Waals surface area contributed by atoms with Crippen molar-refractivity contribution in [2.45, 2.75) is 6.61 Å². The highest BCUT2D eigenvalue weighted by atomic mass is 79.9. The molecule has 0 saturated carbocycles. The number of nitrogens with zero attached hydrogens (tertiary/aromatic N) is 1. The van der Waals surface area contributed by atoms with Crippen molar-refractivity contribution in [3.63, 3.8) is 0 Å². The summed E-state index contributed by atoms with van der Waals surface area (Å²) >= 11 is 9.26. The van der Waals surface area contributed by atoms with Gasteiger partial charge in [-0.15, -0.1) is 0 Å². The number of hydrogen-bond donors (Lipinski definition) is 0. The average Bonchev–Trinajstić information content (AvgIpc) is 2.38. The SMILES string of the molecule is O=[N+]([O-])c1cccc(F)c1OCc1ccc(Br)cc1Cl. The Balaban J connectivity index is 2.25. The van der Waals surface area contributed by atoms with Crippen LogP contribution in [0.5, 0.6) is 5.75 Å². The van der Waals surface area contributed by atoms with Crippen molar-refractivity contribution in [1.82, 2.24) is 0 Å². The van der Waals surface area contributed by atoms with Gasteiger partial charge in [0, 0.05) is 21.1 Å². The minimum absolute atomic E-state index is 0.0616. The van der Waals surface area contributed by atoms with E-state index in [1.54, 1.807) is 18.2 Å². The number of ether oxygens (including phenoxy) is 1. The van der Waals surface area contributed by atoms with Crippen molar-refractivity contribution in [3.8, 4) is 5.75 Å². The lowest BCUT2D eigenvalue weighted by molar-refractivity contribution is -0.386. The van der Waals surface area contributed by atoms with Gasteiger partial charge >= 0.3 is 5.69 Å². The van der Waals surface area contributed by atoms with E-state index >= 15 is 0 Å². The zero-order valence-corrected chi connectivity index (χ0v) is 12.3. The molecule has 2 aromatic carbocycles. The normalized spacial score (nSPS) is 10.3. The fourth-order valence-corrected chi connectivity index (χ4v) is 2.30. The summed E-state index contributed by atoms with van der Waals surface area (Å²) in [5, 5.41) is 11.3. The second-order valence-electron chi connectivity index (χ2n) is 3.87. The van der Waals surface area contributed by atoms with Gasteiger partial charge in [0.1, 0.15) is 6.61 Å². The molecular weight excluding hydrogens is 353 g/mol. The quantitative estimate of drug-likeness (QED) is 0.585. The molecular formula is C13H8BrClFNO3. The second-order valence-corrected chi connectivity index (χ2v) is 5.19. The van der Waals surface area contributed by atoms with Gasteiger partial charge in [-0.2, -0.15) is 0 Å². The lowest BCUT2D eigenvalue weighted by Gasteiger charge is -2.09. The number of nitro benzene ring substituents is 1. The van der Waals surface area contributed by atoms with Crippen LogP contribution >= 0.6 is 27.5 Å². The molecule has 20 heavy (non-hydrogen) atoms. The Bertz CT molecular complexity index is 666. The van der Waals surface area contributed by atoms with Crippen LogP contribution in [0.15, 0.2) is 40.9 Å². The topological polar surface area (TPSA) is 52.4 Å². The maximum atomic E-state index is 13.6. The van der Waals surface area contributed by atoms with Gasteiger partial charge in [0.2, 0.25) is 5.75 Å². The van der Waals surface area contributed by atoms with Crippen LogP contribution in [0.3, 0.4) is 0 Å². The molecule has 0 fully saturated rings. The molecule has 0 unspecified atom stereocenters. The maximum absolute atomic E-state index is 13.6. The van der Waals surface area contributed by atoms with Gasteiger partial charge < -0.3 is 4.74 Å². The van der Waals surface area contributed by atoms with Gasteiger partial charge in [-0.25, -0.2) is 4.39 Å². The number of para-hydroxylation sites is 1. The molecule has 0 heterocycles. The van der Waals surface area contributed by atoms with Crippen molar-refractivity contribution in [3.05, 3.63) is 67.4 Å². The monoisotopic (exact) mass is 359 g/mol. The van der Waals surface area contributed by atoms with E-state index in [0.717, 1.165) is 10.5 Å². The first-order valence-electron chi connectivity index (χ1n) is 5.48. The van der Waals surface area contributed by atoms with E-state index in [0.29, 0.717) is 10.6 Å². The summed E-state index contributed by atoms with van der Waals surface area (Å²) in [6.07, 6.45) is 0. The van der Waals surface area contributed by atoms with Crippen LogP contribution < -0.4 is 4.74 Å². The van der Waals surface area contributed by atoms with Crippen molar-refractivity contribution in [2.24, 2.45) is 0 Å². The molecule has 0 atom stereocenters. The van der Waals surface area contributed by atoms with Crippen molar-refractivity contribution in [1.29, 1.82) is 0 Å². The fourth-order valence-electron chi connectivity index (χ4n) is 1.57. The van der Waals surface area contributed by atoms with Crippen molar-refractivity contribution in [2.75, 3.05) is 0 Å². The van der Waals surface area contributed by atoms with Crippen molar-refractivity contribution < 1.29 is 14.1 Å². The summed E-state index contributed by atoms with van der Waals surface area (Å²) in [6, 6.07) is 8.65. The summed E-state index contributed by atoms with van der Waals surface area (Å²) < 4.78 is 19.6. The summed E-state index contributed by atoms with van der Waals surface area (Å²) in [4.78, 5) is 10.1. The third kappa shape index (κ3) is 3.26. The highest BCUT2D eigenvalue weighted by molar-refractivity contribution is 9.10. The predicted molar refractivity (Wildman–Crippen MR) is 76.5 cm³/mol. The summed E-state index contributed by atoms with van der Waals surface area (Å²) in [5.41, 5.74) is 0.186. The number of nitro groups is 1. The first-order valence-corrected chi connectivity index (χ1v) is 6.66. The second kappa shape index (κ2) is 6.19. The van der Waals surface area contributed by atoms with Gasteiger partial charge in [0.25, 0.3) is 0 Å². The zero-order valence-electron chi connectivity index (χ0n) is 9.98. The number of halogens is 3. The molecule has 0 aliphatic carbocycles. The van der Waals surface area contributed by atoms with Crippen LogP contribution in [-0.4, -0.2) is 4.92 Å². The van der Waals surface area contributed by atoms with Crippen LogP contribution in [0, 0.1) is 15.9 Å². The Morgan fingerprint density at radius 3 is 2.75 bits per heavy atom. The van der Waals surface area contributed by atoms with Crippen LogP contribution in [0.25, 0.3) is 0 Å². The molecule has 2 rings (SSSR count). The number of rotatable bonds is 4. The van der Waals surface area contributed by atoms with Crippen LogP contribution in [-0.2, 0) is 6.61 Å². The molecule has 0 N–H and O–H groups in total. The average molecular weight is 361 g/mol. The Morgan fingerprint density at radius 1 is 1.35 bits per heavy atom. The highest BCUT2D eigenvalue weighted by Crippen LogP contribution is 2.31. The van der Waals surface area contributed by atoms with E-state index < -0.39 is 22.2 Å². The lowest BCUT2D eigenvalue weighted by Crippen LogP contribution is -2.01. The number of benzene rings is 2. The van der Waals surface area contributed by atoms with Gasteiger partial charge in [0.15, 0.2) is 5.82 Å². The highest BCUT2D eigenvalue weighted by Gasteiger charge is 2.19. The Kier molecular flexibility index (Phi) is 4.57. The fraction of sp³-hybridized carbons (Fsp3) is 0.0769. The Labute approximate surface area is 127 Å². The predicted octanol–water partition coefficient (Wildman–Crippen LogP) is 4.73. The first kappa shape index (κ1) is 14.7. The molecule has 0 spiro atoms. The van der Waals surface area contributed by atoms with Crippen LogP contribution in [0.1, 0.15) is 5.56 Å². The first-order chi connectivity index (χ1) is 9.49. The standard InChI is InChI=1S/C13H8BrClFNO3/c14-9-5-4-8(10(15)6-9)7-20-13-11(16)2-1-3-12(13)17(18)19/h1-6H,7H2. The molecule has 4 nitrogen and oxygen atoms in total. The summed E-state index contributed by atoms with van der Waals surface area (Å²) in [6.45, 7) is -0.0616. The molecule has 0 aromatic heterocycles. The van der Waals surface area contributed by atoms with Gasteiger partial charge in [0.05, 0.1) is 4.92 Å². The summed E-state index contributed by atoms with van der Waals surface area (Å²) in [5.74, 6) is -1.18. The minimum Gasteiger partial charge on any atom is -0.480 e. The molecule has 2 aromatic rings. The van der Waals surface area contributed by atoms with Crippen LogP contribution in [0.2, 0.25) is 5.02 Å². The molecule has 0 bridgehead atoms. The third-order valence-electron chi connectivity index (χ3n) is 2.53. The molecule has 0 aliphatic heterocycles. The van der Waals surface area contributed by atoms with E-state index in [4.69, 9.17) is 16.3 Å². The van der Waals surface area contributed by atoms with E-state index in [-0.39, 0.29) is 6.61 Å². The molecule has 0 amide bonds.